The van der Waals surface area contributed by atoms with Crippen LogP contribution in [0.15, 0.2) is 42.5 Å². The Kier molecular flexibility index (Phi) is 12.0. The smallest absolute Gasteiger partial charge is 0.161 e. The number of benzene rings is 2. The minimum absolute atomic E-state index is 0. The Morgan fingerprint density at radius 1 is 0.935 bits per heavy atom. The van der Waals surface area contributed by atoms with Crippen molar-refractivity contribution >= 4 is 5.69 Å². The molecule has 1 heterocycles. The Bertz CT molecular complexity index is 775. The van der Waals surface area contributed by atoms with E-state index in [4.69, 9.17) is 14.2 Å². The zero-order chi connectivity index (χ0) is 20.6. The van der Waals surface area contributed by atoms with Crippen molar-refractivity contribution in [2.24, 2.45) is 0 Å². The summed E-state index contributed by atoms with van der Waals surface area (Å²) in [6, 6.07) is 12.2. The van der Waals surface area contributed by atoms with E-state index >= 15 is 0 Å². The Morgan fingerprint density at radius 3 is 2.19 bits per heavy atom. The van der Waals surface area contributed by atoms with Gasteiger partial charge in [-0.25, -0.2) is 4.39 Å². The predicted molar refractivity (Wildman–Crippen MR) is 110 cm³/mol. The fourth-order valence-corrected chi connectivity index (χ4v) is 3.47. The average molecular weight is 475 g/mol. The highest BCUT2D eigenvalue weighted by Crippen LogP contribution is 2.27. The number of aliphatic hydroxyl groups is 1. The van der Waals surface area contributed by atoms with Crippen LogP contribution in [0.4, 0.5) is 10.1 Å². The number of β-amino-alcohol motifs (C(OH)–C–C–N with tert-alkyl or cyclic N) is 1. The Morgan fingerprint density at radius 2 is 1.58 bits per heavy atom. The van der Waals surface area contributed by atoms with Crippen LogP contribution in [-0.2, 0) is 11.3 Å². The van der Waals surface area contributed by atoms with Crippen molar-refractivity contribution in [2.75, 3.05) is 58.5 Å². The second kappa shape index (κ2) is 13.6. The number of hydrogen-bond acceptors (Lipinski definition) is 6. The van der Waals surface area contributed by atoms with Crippen LogP contribution in [-0.4, -0.2) is 69.7 Å². The largest absolute Gasteiger partial charge is 1.00 e. The lowest BCUT2D eigenvalue weighted by Crippen LogP contribution is -3.00. The van der Waals surface area contributed by atoms with E-state index in [2.05, 4.69) is 9.80 Å². The molecule has 1 aliphatic rings. The highest BCUT2D eigenvalue weighted by atomic mass is 35.5. The maximum absolute atomic E-state index is 13.1. The number of halogens is 3. The van der Waals surface area contributed by atoms with Gasteiger partial charge in [0.25, 0.3) is 0 Å². The number of nitrogens with zero attached hydrogens (tertiary/aromatic N) is 2. The molecule has 0 saturated carbocycles. The second-order valence-corrected chi connectivity index (χ2v) is 7.12. The van der Waals surface area contributed by atoms with E-state index in [1.54, 1.807) is 14.2 Å². The lowest BCUT2D eigenvalue weighted by atomic mass is 10.2. The van der Waals surface area contributed by atoms with Crippen molar-refractivity contribution in [1.82, 2.24) is 4.90 Å². The fraction of sp³-hybridized carbons (Fsp3) is 0.455. The van der Waals surface area contributed by atoms with Crippen LogP contribution < -0.4 is 39.2 Å². The highest BCUT2D eigenvalue weighted by molar-refractivity contribution is 5.46. The van der Waals surface area contributed by atoms with E-state index in [-0.39, 0.29) is 37.2 Å². The molecule has 9 heteroatoms. The molecule has 174 valence electrons. The van der Waals surface area contributed by atoms with E-state index in [1.807, 2.05) is 30.3 Å². The maximum atomic E-state index is 13.1. The van der Waals surface area contributed by atoms with E-state index in [0.717, 1.165) is 37.4 Å². The molecule has 0 radical (unpaired) electrons. The molecule has 0 bridgehead atoms. The number of aliphatic hydroxyl groups excluding tert-OH is 1. The van der Waals surface area contributed by atoms with E-state index in [9.17, 15) is 9.50 Å². The lowest BCUT2D eigenvalue weighted by molar-refractivity contribution is -0.001000. The third-order valence-corrected chi connectivity index (χ3v) is 5.06. The summed E-state index contributed by atoms with van der Waals surface area (Å²) in [7, 11) is 3.20. The molecule has 1 unspecified atom stereocenters. The Labute approximate surface area is 195 Å². The van der Waals surface area contributed by atoms with Gasteiger partial charge < -0.3 is 49.0 Å². The Balaban J connectivity index is 0.00000240. The summed E-state index contributed by atoms with van der Waals surface area (Å²) in [4.78, 5) is 4.46. The first kappa shape index (κ1) is 27.3. The van der Waals surface area contributed by atoms with Gasteiger partial charge >= 0.3 is 0 Å². The predicted octanol–water partition coefficient (Wildman–Crippen LogP) is -3.45. The second-order valence-electron chi connectivity index (χ2n) is 7.12. The van der Waals surface area contributed by atoms with Gasteiger partial charge in [0.05, 0.1) is 33.5 Å². The van der Waals surface area contributed by atoms with Crippen LogP contribution in [0.25, 0.3) is 0 Å². The molecule has 0 spiro atoms. The summed E-state index contributed by atoms with van der Waals surface area (Å²) in [6.45, 7) is 4.65. The van der Waals surface area contributed by atoms with Crippen LogP contribution in [0.5, 0.6) is 11.5 Å². The molecular weight excluding hydrogens is 446 g/mol. The SMILES string of the molecule is COc1ccc(COCC(O)CN2CCN(c3ccc(F)cc3)CC2)cc1OC.[Cl-].[Cl-]. The van der Waals surface area contributed by atoms with Gasteiger partial charge in [-0.2, -0.15) is 0 Å². The fourth-order valence-electron chi connectivity index (χ4n) is 3.47. The molecule has 31 heavy (non-hydrogen) atoms. The van der Waals surface area contributed by atoms with Crippen LogP contribution in [0.2, 0.25) is 0 Å². The van der Waals surface area contributed by atoms with Gasteiger partial charge in [0.1, 0.15) is 5.82 Å². The average Bonchev–Trinajstić information content (AvgIpc) is 2.75. The summed E-state index contributed by atoms with van der Waals surface area (Å²) in [6.07, 6.45) is -0.549. The number of methoxy groups -OCH3 is 2. The summed E-state index contributed by atoms with van der Waals surface area (Å²) >= 11 is 0. The van der Waals surface area contributed by atoms with Crippen LogP contribution >= 0.6 is 0 Å². The highest BCUT2D eigenvalue weighted by Gasteiger charge is 2.19. The monoisotopic (exact) mass is 474 g/mol. The van der Waals surface area contributed by atoms with Gasteiger partial charge in [-0.15, -0.1) is 0 Å². The van der Waals surface area contributed by atoms with Gasteiger partial charge in [0, 0.05) is 38.4 Å². The van der Waals surface area contributed by atoms with E-state index in [1.165, 1.54) is 12.1 Å². The molecule has 0 aromatic heterocycles. The molecule has 6 nitrogen and oxygen atoms in total. The summed E-state index contributed by atoms with van der Waals surface area (Å²) in [5.74, 6) is 1.12. The number of rotatable bonds is 9. The maximum Gasteiger partial charge on any atom is 0.161 e. The normalized spacial score (nSPS) is 14.9. The van der Waals surface area contributed by atoms with Crippen molar-refractivity contribution in [3.8, 4) is 11.5 Å². The van der Waals surface area contributed by atoms with Gasteiger partial charge in [-0.1, -0.05) is 6.07 Å². The quantitative estimate of drug-likeness (QED) is 0.408. The standard InChI is InChI=1S/C22H29FN2O4.2ClH/c1-27-21-8-3-17(13-22(21)28-2)15-29-16-20(26)14-24-9-11-25(12-10-24)19-6-4-18(23)5-7-19;;/h3-8,13,20,26H,9-12,14-16H2,1-2H3;2*1H/p-2. The third kappa shape index (κ3) is 8.01. The first-order valence-corrected chi connectivity index (χ1v) is 9.78. The van der Waals surface area contributed by atoms with E-state index < -0.39 is 6.10 Å². The first-order chi connectivity index (χ1) is 14.1. The van der Waals surface area contributed by atoms with Crippen molar-refractivity contribution in [1.29, 1.82) is 0 Å². The van der Waals surface area contributed by atoms with Crippen LogP contribution in [0.3, 0.4) is 0 Å². The van der Waals surface area contributed by atoms with Crippen molar-refractivity contribution in [3.63, 3.8) is 0 Å². The summed E-state index contributed by atoms with van der Waals surface area (Å²) < 4.78 is 29.3. The van der Waals surface area contributed by atoms with Crippen molar-refractivity contribution in [3.05, 3.63) is 53.8 Å². The molecule has 0 amide bonds. The molecule has 2 aromatic carbocycles. The zero-order valence-electron chi connectivity index (χ0n) is 17.8. The minimum Gasteiger partial charge on any atom is -1.00 e. The Hall–Kier alpha value is -1.77. The van der Waals surface area contributed by atoms with Gasteiger partial charge in [-0.3, -0.25) is 4.90 Å². The molecule has 3 rings (SSSR count). The van der Waals surface area contributed by atoms with Gasteiger partial charge in [-0.05, 0) is 42.0 Å². The minimum atomic E-state index is -0.549. The number of anilines is 1. The molecule has 1 atom stereocenters. The van der Waals surface area contributed by atoms with Crippen molar-refractivity contribution < 1.29 is 48.5 Å². The summed E-state index contributed by atoms with van der Waals surface area (Å²) in [5, 5.41) is 10.3. The third-order valence-electron chi connectivity index (χ3n) is 5.06. The number of piperazine rings is 1. The van der Waals surface area contributed by atoms with Gasteiger partial charge in [0.15, 0.2) is 11.5 Å². The molecule has 1 saturated heterocycles. The molecular formula is C22H29Cl2FN2O4-2. The number of ether oxygens (including phenoxy) is 3. The first-order valence-electron chi connectivity index (χ1n) is 9.78. The molecule has 2 aromatic rings. The van der Waals surface area contributed by atoms with Gasteiger partial charge in [0.2, 0.25) is 0 Å². The molecule has 1 N–H and O–H groups in total. The lowest BCUT2D eigenvalue weighted by Gasteiger charge is -2.36. The van der Waals surface area contributed by atoms with Crippen molar-refractivity contribution in [2.45, 2.75) is 12.7 Å². The molecule has 1 fully saturated rings. The topological polar surface area (TPSA) is 54.4 Å². The van der Waals surface area contributed by atoms with Crippen LogP contribution in [0.1, 0.15) is 5.56 Å². The van der Waals surface area contributed by atoms with E-state index in [0.29, 0.717) is 24.7 Å². The zero-order valence-corrected chi connectivity index (χ0v) is 19.3. The van der Waals surface area contributed by atoms with Crippen LogP contribution in [0, 0.1) is 5.82 Å². The number of hydrogen-bond donors (Lipinski definition) is 1. The summed E-state index contributed by atoms with van der Waals surface area (Å²) in [5.41, 5.74) is 1.99. The molecule has 1 aliphatic heterocycles. The molecule has 0 aliphatic carbocycles.